The Balaban J connectivity index is 2.20. The van der Waals surface area contributed by atoms with E-state index >= 15 is 0 Å². The van der Waals surface area contributed by atoms with Crippen molar-refractivity contribution in [1.82, 2.24) is 4.72 Å². The Morgan fingerprint density at radius 2 is 2.05 bits per heavy atom. The van der Waals surface area contributed by atoms with Crippen LogP contribution in [-0.4, -0.2) is 14.5 Å². The molecule has 8 heteroatoms. The average molecular weight is 316 g/mol. The maximum absolute atomic E-state index is 13.6. The van der Waals surface area contributed by atoms with E-state index in [0.717, 1.165) is 6.07 Å². The Morgan fingerprint density at radius 3 is 2.67 bits per heavy atom. The molecule has 1 heterocycles. The summed E-state index contributed by atoms with van der Waals surface area (Å²) >= 11 is 0. The molecule has 3 N–H and O–H groups in total. The van der Waals surface area contributed by atoms with Gasteiger partial charge in [0.05, 0.1) is 12.0 Å². The van der Waals surface area contributed by atoms with Crippen molar-refractivity contribution >= 4 is 15.7 Å². The predicted octanol–water partition coefficient (Wildman–Crippen LogP) is 2.05. The third kappa shape index (κ3) is 3.59. The lowest BCUT2D eigenvalue weighted by molar-refractivity contribution is 0.477. The number of furan rings is 1. The Kier molecular flexibility index (Phi) is 4.29. The topological polar surface area (TPSA) is 85.3 Å². The third-order valence-electron chi connectivity index (χ3n) is 2.78. The van der Waals surface area contributed by atoms with E-state index in [0.29, 0.717) is 18.2 Å². The minimum atomic E-state index is -4.15. The normalized spacial score (nSPS) is 13.3. The van der Waals surface area contributed by atoms with Crippen LogP contribution in [0.3, 0.4) is 0 Å². The van der Waals surface area contributed by atoms with Crippen molar-refractivity contribution in [3.05, 3.63) is 47.9 Å². The highest BCUT2D eigenvalue weighted by Gasteiger charge is 2.23. The summed E-state index contributed by atoms with van der Waals surface area (Å²) in [5, 5.41) is 0. The highest BCUT2D eigenvalue weighted by molar-refractivity contribution is 7.89. The van der Waals surface area contributed by atoms with Gasteiger partial charge in [-0.15, -0.1) is 0 Å². The summed E-state index contributed by atoms with van der Waals surface area (Å²) in [5.74, 6) is -1.61. The van der Waals surface area contributed by atoms with Crippen molar-refractivity contribution in [3.8, 4) is 0 Å². The molecule has 0 aliphatic carbocycles. The van der Waals surface area contributed by atoms with Crippen LogP contribution in [0.5, 0.6) is 0 Å². The van der Waals surface area contributed by atoms with Crippen LogP contribution < -0.4 is 10.5 Å². The molecule has 0 aliphatic rings. The minimum absolute atomic E-state index is 0.296. The number of anilines is 1. The lowest BCUT2D eigenvalue weighted by atomic mass is 10.2. The Hall–Kier alpha value is -1.93. The third-order valence-corrected chi connectivity index (χ3v) is 4.39. The van der Waals surface area contributed by atoms with Gasteiger partial charge in [-0.05, 0) is 25.1 Å². The van der Waals surface area contributed by atoms with E-state index in [9.17, 15) is 17.2 Å². The zero-order valence-electron chi connectivity index (χ0n) is 11.1. The van der Waals surface area contributed by atoms with E-state index < -0.39 is 38.3 Å². The molecule has 0 radical (unpaired) electrons. The quantitative estimate of drug-likeness (QED) is 0.827. The van der Waals surface area contributed by atoms with Gasteiger partial charge >= 0.3 is 0 Å². The van der Waals surface area contributed by atoms with Gasteiger partial charge in [0.25, 0.3) is 0 Å². The van der Waals surface area contributed by atoms with E-state index in [2.05, 4.69) is 4.72 Å². The molecule has 114 valence electrons. The highest BCUT2D eigenvalue weighted by Crippen LogP contribution is 2.21. The van der Waals surface area contributed by atoms with E-state index in [1.54, 1.807) is 19.1 Å². The van der Waals surface area contributed by atoms with E-state index in [1.807, 2.05) is 0 Å². The van der Waals surface area contributed by atoms with Crippen molar-refractivity contribution in [3.63, 3.8) is 0 Å². The number of sulfonamides is 1. The first-order valence-corrected chi connectivity index (χ1v) is 7.57. The number of nitrogen functional groups attached to an aromatic ring is 1. The summed E-state index contributed by atoms with van der Waals surface area (Å²) in [7, 11) is -4.15. The molecule has 1 aromatic carbocycles. The molecule has 0 aliphatic heterocycles. The fourth-order valence-corrected chi connectivity index (χ4v) is 3.19. The zero-order chi connectivity index (χ0) is 15.6. The molecular formula is C13H14F2N2O3S. The number of hydrogen-bond donors (Lipinski definition) is 2. The maximum Gasteiger partial charge on any atom is 0.243 e. The van der Waals surface area contributed by atoms with Gasteiger partial charge in [0.15, 0.2) is 0 Å². The Bertz CT molecular complexity index is 730. The van der Waals surface area contributed by atoms with Gasteiger partial charge in [0.1, 0.15) is 22.3 Å². The second kappa shape index (κ2) is 5.82. The molecule has 2 aromatic rings. The van der Waals surface area contributed by atoms with Crippen molar-refractivity contribution in [2.45, 2.75) is 24.3 Å². The number of halogens is 2. The molecule has 0 spiro atoms. The van der Waals surface area contributed by atoms with Gasteiger partial charge in [-0.1, -0.05) is 0 Å². The smallest absolute Gasteiger partial charge is 0.243 e. The lowest BCUT2D eigenvalue weighted by Crippen LogP contribution is -2.34. The summed E-state index contributed by atoms with van der Waals surface area (Å²) in [6, 6.07) is 4.04. The summed E-state index contributed by atoms with van der Waals surface area (Å²) in [4.78, 5) is -0.687. The van der Waals surface area contributed by atoms with E-state index in [4.69, 9.17) is 10.2 Å². The Morgan fingerprint density at radius 1 is 1.33 bits per heavy atom. The average Bonchev–Trinajstić information content (AvgIpc) is 2.85. The maximum atomic E-state index is 13.6. The number of benzene rings is 1. The van der Waals surface area contributed by atoms with E-state index in [1.165, 1.54) is 6.26 Å². The van der Waals surface area contributed by atoms with Crippen LogP contribution in [0, 0.1) is 11.6 Å². The van der Waals surface area contributed by atoms with Crippen LogP contribution in [0.4, 0.5) is 14.5 Å². The van der Waals surface area contributed by atoms with Gasteiger partial charge in [-0.2, -0.15) is 0 Å². The summed E-state index contributed by atoms with van der Waals surface area (Å²) < 4.78 is 58.3. The van der Waals surface area contributed by atoms with Crippen LogP contribution in [0.1, 0.15) is 12.7 Å². The molecule has 0 saturated heterocycles. The number of hydrogen-bond acceptors (Lipinski definition) is 4. The van der Waals surface area contributed by atoms with Crippen molar-refractivity contribution in [2.75, 3.05) is 5.73 Å². The van der Waals surface area contributed by atoms with E-state index in [-0.39, 0.29) is 0 Å². The summed E-state index contributed by atoms with van der Waals surface area (Å²) in [6.07, 6.45) is 1.77. The molecule has 1 aromatic heterocycles. The Labute approximate surface area is 120 Å². The number of nitrogens with one attached hydrogen (secondary N) is 1. The molecule has 1 atom stereocenters. The van der Waals surface area contributed by atoms with Crippen LogP contribution in [0.2, 0.25) is 0 Å². The standard InChI is InChI=1S/C13H14F2N2O3S/c1-8(5-9-3-2-4-20-9)17-21(18,19)13-7-12(16)10(14)6-11(13)15/h2-4,6-8,17H,5,16H2,1H3. The summed E-state index contributed by atoms with van der Waals surface area (Å²) in [5.41, 5.74) is 4.84. The van der Waals surface area contributed by atoms with Crippen LogP contribution in [0.25, 0.3) is 0 Å². The molecule has 2 rings (SSSR count). The molecule has 21 heavy (non-hydrogen) atoms. The molecular weight excluding hydrogens is 302 g/mol. The zero-order valence-corrected chi connectivity index (χ0v) is 12.0. The largest absolute Gasteiger partial charge is 0.469 e. The molecule has 0 fully saturated rings. The first-order chi connectivity index (χ1) is 9.79. The molecule has 0 amide bonds. The number of rotatable bonds is 5. The van der Waals surface area contributed by atoms with Gasteiger partial charge in [0, 0.05) is 18.5 Å². The molecule has 0 saturated carbocycles. The minimum Gasteiger partial charge on any atom is -0.469 e. The first kappa shape index (κ1) is 15.5. The van der Waals surface area contributed by atoms with Crippen LogP contribution in [-0.2, 0) is 16.4 Å². The van der Waals surface area contributed by atoms with Gasteiger partial charge in [-0.3, -0.25) is 0 Å². The van der Waals surface area contributed by atoms with Gasteiger partial charge < -0.3 is 10.2 Å². The molecule has 5 nitrogen and oxygen atoms in total. The number of nitrogens with two attached hydrogens (primary N) is 1. The monoisotopic (exact) mass is 316 g/mol. The second-order valence-electron chi connectivity index (χ2n) is 4.61. The van der Waals surface area contributed by atoms with Gasteiger partial charge in [-0.25, -0.2) is 21.9 Å². The second-order valence-corrected chi connectivity index (χ2v) is 6.29. The first-order valence-electron chi connectivity index (χ1n) is 6.09. The summed E-state index contributed by atoms with van der Waals surface area (Å²) in [6.45, 7) is 1.60. The highest BCUT2D eigenvalue weighted by atomic mass is 32.2. The fourth-order valence-electron chi connectivity index (χ4n) is 1.85. The fraction of sp³-hybridized carbons (Fsp3) is 0.231. The van der Waals surface area contributed by atoms with Crippen LogP contribution in [0.15, 0.2) is 39.8 Å². The van der Waals surface area contributed by atoms with Crippen molar-refractivity contribution < 1.29 is 21.6 Å². The van der Waals surface area contributed by atoms with Crippen molar-refractivity contribution in [2.24, 2.45) is 0 Å². The van der Waals surface area contributed by atoms with Crippen molar-refractivity contribution in [1.29, 1.82) is 0 Å². The SMILES string of the molecule is CC(Cc1ccco1)NS(=O)(=O)c1cc(N)c(F)cc1F. The predicted molar refractivity (Wildman–Crippen MR) is 73.0 cm³/mol. The molecule has 0 bridgehead atoms. The van der Waals surface area contributed by atoms with Gasteiger partial charge in [0.2, 0.25) is 10.0 Å². The lowest BCUT2D eigenvalue weighted by Gasteiger charge is -2.14. The van der Waals surface area contributed by atoms with Crippen LogP contribution >= 0.6 is 0 Å². The molecule has 1 unspecified atom stereocenters.